The van der Waals surface area contributed by atoms with Gasteiger partial charge < -0.3 is 9.32 Å². The average molecular weight is 340 g/mol. The normalized spacial score (nSPS) is 17.4. The van der Waals surface area contributed by atoms with Crippen LogP contribution < -0.4 is 5.76 Å². The number of rotatable bonds is 5. The highest BCUT2D eigenvalue weighted by atomic mass is 16.4. The second kappa shape index (κ2) is 6.58. The molecule has 25 heavy (non-hydrogen) atoms. The summed E-state index contributed by atoms with van der Waals surface area (Å²) in [6.45, 7) is 1.82. The molecular weight excluding hydrogens is 320 g/mol. The van der Waals surface area contributed by atoms with Crippen molar-refractivity contribution < 1.29 is 9.21 Å². The van der Waals surface area contributed by atoms with Crippen molar-refractivity contribution >= 4 is 17.0 Å². The van der Waals surface area contributed by atoms with E-state index in [0.717, 1.165) is 24.9 Å². The number of para-hydroxylation sites is 2. The summed E-state index contributed by atoms with van der Waals surface area (Å²) in [5.74, 6) is -0.338. The molecule has 0 N–H and O–H groups in total. The summed E-state index contributed by atoms with van der Waals surface area (Å²) in [5.41, 5.74) is 1.28. The zero-order chi connectivity index (χ0) is 17.2. The number of likely N-dealkylation sites (tertiary alicyclic amines) is 1. The number of hydrogen-bond donors (Lipinski definition) is 0. The van der Waals surface area contributed by atoms with Crippen LogP contribution in [-0.2, 0) is 17.9 Å². The fraction of sp³-hybridized carbons (Fsp3) is 0.389. The van der Waals surface area contributed by atoms with Gasteiger partial charge in [0.25, 0.3) is 0 Å². The van der Waals surface area contributed by atoms with E-state index in [-0.39, 0.29) is 11.9 Å². The Hall–Kier alpha value is -2.83. The summed E-state index contributed by atoms with van der Waals surface area (Å²) in [4.78, 5) is 26.6. The number of fused-ring (bicyclic) bond motifs is 1. The molecule has 3 aromatic rings. The van der Waals surface area contributed by atoms with Crippen LogP contribution in [0.25, 0.3) is 11.1 Å². The molecule has 0 radical (unpaired) electrons. The van der Waals surface area contributed by atoms with Crippen LogP contribution in [0.2, 0.25) is 0 Å². The third kappa shape index (κ3) is 3.09. The van der Waals surface area contributed by atoms with Gasteiger partial charge in [-0.1, -0.05) is 12.1 Å². The Morgan fingerprint density at radius 2 is 2.16 bits per heavy atom. The van der Waals surface area contributed by atoms with Crippen molar-refractivity contribution in [3.63, 3.8) is 0 Å². The van der Waals surface area contributed by atoms with Gasteiger partial charge in [0.05, 0.1) is 18.1 Å². The quantitative estimate of drug-likeness (QED) is 0.711. The van der Waals surface area contributed by atoms with E-state index in [1.807, 2.05) is 40.0 Å². The molecule has 0 spiro atoms. The first kappa shape index (κ1) is 15.7. The Morgan fingerprint density at radius 3 is 3.00 bits per heavy atom. The van der Waals surface area contributed by atoms with E-state index in [2.05, 4.69) is 5.10 Å². The van der Waals surface area contributed by atoms with Crippen LogP contribution >= 0.6 is 0 Å². The lowest BCUT2D eigenvalue weighted by Crippen LogP contribution is -2.38. The van der Waals surface area contributed by atoms with E-state index in [1.54, 1.807) is 12.3 Å². The maximum Gasteiger partial charge on any atom is 0.419 e. The molecule has 0 saturated carbocycles. The largest absolute Gasteiger partial charge is 0.419 e. The summed E-state index contributed by atoms with van der Waals surface area (Å²) in [6, 6.07) is 9.33. The monoisotopic (exact) mass is 340 g/mol. The zero-order valence-electron chi connectivity index (χ0n) is 13.9. The first-order valence-corrected chi connectivity index (χ1v) is 8.57. The smallest absolute Gasteiger partial charge is 0.408 e. The highest BCUT2D eigenvalue weighted by Gasteiger charge is 2.29. The highest BCUT2D eigenvalue weighted by molar-refractivity contribution is 5.77. The molecule has 1 saturated heterocycles. The summed E-state index contributed by atoms with van der Waals surface area (Å²) >= 11 is 0. The molecule has 0 aliphatic carbocycles. The fourth-order valence-corrected chi connectivity index (χ4v) is 3.55. The molecule has 1 fully saturated rings. The molecule has 1 atom stereocenters. The number of benzene rings is 1. The molecule has 7 heteroatoms. The predicted molar refractivity (Wildman–Crippen MR) is 92.1 cm³/mol. The fourth-order valence-electron chi connectivity index (χ4n) is 3.55. The number of aromatic nitrogens is 3. The molecule has 3 heterocycles. The minimum atomic E-state index is -0.413. The van der Waals surface area contributed by atoms with Crippen LogP contribution in [0.15, 0.2) is 51.9 Å². The Kier molecular flexibility index (Phi) is 4.13. The van der Waals surface area contributed by atoms with Crippen LogP contribution in [0, 0.1) is 0 Å². The Bertz CT molecular complexity index is 925. The van der Waals surface area contributed by atoms with Gasteiger partial charge in [-0.05, 0) is 31.0 Å². The Labute approximate surface area is 144 Å². The Balaban J connectivity index is 1.44. The van der Waals surface area contributed by atoms with Gasteiger partial charge >= 0.3 is 5.76 Å². The van der Waals surface area contributed by atoms with E-state index in [0.29, 0.717) is 25.1 Å². The van der Waals surface area contributed by atoms with Crippen LogP contribution in [0.5, 0.6) is 0 Å². The molecule has 1 aliphatic heterocycles. The third-order valence-electron chi connectivity index (χ3n) is 4.78. The van der Waals surface area contributed by atoms with Crippen molar-refractivity contribution in [2.75, 3.05) is 6.54 Å². The number of amides is 1. The molecule has 0 bridgehead atoms. The number of aryl methyl sites for hydroxylation is 1. The molecule has 1 aliphatic rings. The van der Waals surface area contributed by atoms with Gasteiger partial charge in [0, 0.05) is 31.9 Å². The summed E-state index contributed by atoms with van der Waals surface area (Å²) in [7, 11) is 0. The third-order valence-corrected chi connectivity index (χ3v) is 4.78. The SMILES string of the molecule is O=C(CCn1c(=O)oc2ccccc21)N1CCCC1Cn1cccn1. The molecule has 1 unspecified atom stereocenters. The summed E-state index contributed by atoms with van der Waals surface area (Å²) in [5, 5.41) is 4.23. The zero-order valence-corrected chi connectivity index (χ0v) is 13.9. The topological polar surface area (TPSA) is 73.3 Å². The lowest BCUT2D eigenvalue weighted by atomic mass is 10.2. The van der Waals surface area contributed by atoms with E-state index in [4.69, 9.17) is 4.42 Å². The van der Waals surface area contributed by atoms with Crippen molar-refractivity contribution in [1.29, 1.82) is 0 Å². The van der Waals surface area contributed by atoms with Crippen molar-refractivity contribution in [3.8, 4) is 0 Å². The molecular formula is C18H20N4O3. The van der Waals surface area contributed by atoms with E-state index < -0.39 is 5.76 Å². The molecule has 7 nitrogen and oxygen atoms in total. The van der Waals surface area contributed by atoms with Gasteiger partial charge in [0.15, 0.2) is 5.58 Å². The summed E-state index contributed by atoms with van der Waals surface area (Å²) < 4.78 is 8.62. The number of carbonyl (C=O) groups excluding carboxylic acids is 1. The van der Waals surface area contributed by atoms with Gasteiger partial charge in [-0.2, -0.15) is 5.10 Å². The Morgan fingerprint density at radius 1 is 1.28 bits per heavy atom. The van der Waals surface area contributed by atoms with Crippen molar-refractivity contribution in [3.05, 3.63) is 53.3 Å². The number of carbonyl (C=O) groups is 1. The lowest BCUT2D eigenvalue weighted by molar-refractivity contribution is -0.132. The number of oxazole rings is 1. The predicted octanol–water partition coefficient (Wildman–Crippen LogP) is 1.87. The maximum absolute atomic E-state index is 12.7. The average Bonchev–Trinajstić information content (AvgIpc) is 3.33. The van der Waals surface area contributed by atoms with Gasteiger partial charge in [0.2, 0.25) is 5.91 Å². The lowest BCUT2D eigenvalue weighted by Gasteiger charge is -2.24. The first-order valence-electron chi connectivity index (χ1n) is 8.57. The van der Waals surface area contributed by atoms with Crippen LogP contribution in [0.3, 0.4) is 0 Å². The molecule has 2 aromatic heterocycles. The van der Waals surface area contributed by atoms with E-state index in [1.165, 1.54) is 4.57 Å². The number of nitrogens with zero attached hydrogens (tertiary/aromatic N) is 4. The van der Waals surface area contributed by atoms with Gasteiger partial charge in [-0.15, -0.1) is 0 Å². The van der Waals surface area contributed by atoms with Crippen molar-refractivity contribution in [2.45, 2.75) is 38.4 Å². The number of hydrogen-bond acceptors (Lipinski definition) is 4. The first-order chi connectivity index (χ1) is 12.2. The minimum Gasteiger partial charge on any atom is -0.408 e. The molecule has 4 rings (SSSR count). The second-order valence-corrected chi connectivity index (χ2v) is 6.35. The molecule has 130 valence electrons. The van der Waals surface area contributed by atoms with Gasteiger partial charge in [0.1, 0.15) is 0 Å². The van der Waals surface area contributed by atoms with E-state index >= 15 is 0 Å². The van der Waals surface area contributed by atoms with Crippen LogP contribution in [0.1, 0.15) is 19.3 Å². The van der Waals surface area contributed by atoms with Gasteiger partial charge in [-0.25, -0.2) is 4.79 Å². The van der Waals surface area contributed by atoms with Crippen LogP contribution in [-0.4, -0.2) is 37.7 Å². The molecule has 1 aromatic carbocycles. The van der Waals surface area contributed by atoms with Gasteiger partial charge in [-0.3, -0.25) is 14.0 Å². The summed E-state index contributed by atoms with van der Waals surface area (Å²) in [6.07, 6.45) is 5.95. The van der Waals surface area contributed by atoms with Crippen molar-refractivity contribution in [2.24, 2.45) is 0 Å². The van der Waals surface area contributed by atoms with Crippen LogP contribution in [0.4, 0.5) is 0 Å². The van der Waals surface area contributed by atoms with E-state index in [9.17, 15) is 9.59 Å². The maximum atomic E-state index is 12.7. The van der Waals surface area contributed by atoms with Crippen molar-refractivity contribution in [1.82, 2.24) is 19.2 Å². The second-order valence-electron chi connectivity index (χ2n) is 6.35. The standard InChI is InChI=1S/C18H20N4O3/c23-17(21-11-3-5-14(21)13-20-10-4-9-19-20)8-12-22-15-6-1-2-7-16(15)25-18(22)24/h1-2,4,6-7,9-10,14H,3,5,8,11-13H2. The minimum absolute atomic E-state index is 0.0758. The molecule has 1 amide bonds. The highest BCUT2D eigenvalue weighted by Crippen LogP contribution is 2.20.